The van der Waals surface area contributed by atoms with Gasteiger partial charge >= 0.3 is 0 Å². The number of benzene rings is 2. The number of oxazole rings is 1. The monoisotopic (exact) mass is 423 g/mol. The molecule has 1 aliphatic rings. The van der Waals surface area contributed by atoms with Crippen LogP contribution in [0, 0.1) is 11.7 Å². The zero-order valence-corrected chi connectivity index (χ0v) is 17.5. The molecule has 1 saturated carbocycles. The van der Waals surface area contributed by atoms with Crippen LogP contribution >= 0.6 is 11.6 Å². The summed E-state index contributed by atoms with van der Waals surface area (Å²) in [7, 11) is 0. The first kappa shape index (κ1) is 19.3. The van der Waals surface area contributed by atoms with E-state index in [-0.39, 0.29) is 11.9 Å². The van der Waals surface area contributed by atoms with Gasteiger partial charge in [-0.15, -0.1) is 0 Å². The molecule has 6 heteroatoms. The van der Waals surface area contributed by atoms with E-state index < -0.39 is 0 Å². The lowest BCUT2D eigenvalue weighted by molar-refractivity contribution is 0.299. The molecule has 2 heterocycles. The van der Waals surface area contributed by atoms with Crippen LogP contribution in [0.25, 0.3) is 22.0 Å². The van der Waals surface area contributed by atoms with E-state index in [4.69, 9.17) is 16.0 Å². The first-order chi connectivity index (χ1) is 14.6. The Kier molecular flexibility index (Phi) is 5.07. The second kappa shape index (κ2) is 7.88. The molecular formula is C24H23ClFN3O. The summed E-state index contributed by atoms with van der Waals surface area (Å²) in [5.41, 5.74) is 3.57. The number of anilines is 1. The van der Waals surface area contributed by atoms with Crippen molar-refractivity contribution in [2.75, 3.05) is 5.32 Å². The number of pyridine rings is 1. The molecule has 4 nitrogen and oxygen atoms in total. The van der Waals surface area contributed by atoms with Crippen molar-refractivity contribution in [1.82, 2.24) is 9.97 Å². The summed E-state index contributed by atoms with van der Waals surface area (Å²) in [4.78, 5) is 8.90. The van der Waals surface area contributed by atoms with Crippen LogP contribution < -0.4 is 5.32 Å². The molecule has 0 spiro atoms. The van der Waals surface area contributed by atoms with Crippen LogP contribution in [0.4, 0.5) is 10.4 Å². The Bertz CT molecular complexity index is 1200. The molecular weight excluding hydrogens is 401 g/mol. The highest BCUT2D eigenvalue weighted by Crippen LogP contribution is 2.40. The van der Waals surface area contributed by atoms with Crippen LogP contribution in [0.3, 0.4) is 0 Å². The molecule has 1 aliphatic carbocycles. The molecule has 2 aromatic carbocycles. The van der Waals surface area contributed by atoms with E-state index in [1.165, 1.54) is 11.6 Å². The van der Waals surface area contributed by atoms with E-state index in [0.29, 0.717) is 28.5 Å². The summed E-state index contributed by atoms with van der Waals surface area (Å²) in [5.74, 6) is 0.764. The smallest absolute Gasteiger partial charge is 0.295 e. The van der Waals surface area contributed by atoms with Gasteiger partial charge in [0.2, 0.25) is 0 Å². The number of halogens is 2. The van der Waals surface area contributed by atoms with E-state index in [0.717, 1.165) is 42.1 Å². The predicted octanol–water partition coefficient (Wildman–Crippen LogP) is 6.94. The highest BCUT2D eigenvalue weighted by atomic mass is 35.5. The Morgan fingerprint density at radius 2 is 1.87 bits per heavy atom. The van der Waals surface area contributed by atoms with E-state index in [1.54, 1.807) is 18.2 Å². The van der Waals surface area contributed by atoms with Crippen LogP contribution in [-0.4, -0.2) is 16.0 Å². The van der Waals surface area contributed by atoms with Crippen LogP contribution in [0.15, 0.2) is 53.1 Å². The largest absolute Gasteiger partial charge is 0.423 e. The van der Waals surface area contributed by atoms with Gasteiger partial charge in [0.1, 0.15) is 11.3 Å². The molecule has 0 unspecified atom stereocenters. The molecule has 4 aromatic rings. The fraction of sp³-hybridized carbons (Fsp3) is 0.333. The SMILES string of the molecule is C[C@@H](Nc1nc2ccc(Cl)cc2o1)[C@H]1CC[C@@H](c2ccnc3ccc(F)cc32)CC1. The Morgan fingerprint density at radius 1 is 1.07 bits per heavy atom. The number of fused-ring (bicyclic) bond motifs is 2. The summed E-state index contributed by atoms with van der Waals surface area (Å²) < 4.78 is 19.6. The number of nitrogens with zero attached hydrogens (tertiary/aromatic N) is 2. The van der Waals surface area contributed by atoms with Crippen molar-refractivity contribution in [3.05, 3.63) is 65.1 Å². The van der Waals surface area contributed by atoms with Gasteiger partial charge in [0, 0.05) is 28.7 Å². The third-order valence-electron chi connectivity index (χ3n) is 6.36. The summed E-state index contributed by atoms with van der Waals surface area (Å²) >= 11 is 6.03. The minimum Gasteiger partial charge on any atom is -0.423 e. The topological polar surface area (TPSA) is 51.0 Å². The highest BCUT2D eigenvalue weighted by molar-refractivity contribution is 6.31. The minimum atomic E-state index is -0.206. The maximum atomic E-state index is 13.8. The highest BCUT2D eigenvalue weighted by Gasteiger charge is 2.28. The van der Waals surface area contributed by atoms with Crippen molar-refractivity contribution in [3.63, 3.8) is 0 Å². The second-order valence-electron chi connectivity index (χ2n) is 8.24. The zero-order chi connectivity index (χ0) is 20.7. The van der Waals surface area contributed by atoms with Crippen molar-refractivity contribution in [2.45, 2.75) is 44.6 Å². The summed E-state index contributed by atoms with van der Waals surface area (Å²) in [6.45, 7) is 2.18. The fourth-order valence-electron chi connectivity index (χ4n) is 4.70. The van der Waals surface area contributed by atoms with Gasteiger partial charge in [-0.1, -0.05) is 11.6 Å². The molecule has 0 aliphatic heterocycles. The Hall–Kier alpha value is -2.66. The van der Waals surface area contributed by atoms with Crippen LogP contribution in [-0.2, 0) is 0 Å². The van der Waals surface area contributed by atoms with Gasteiger partial charge in [-0.2, -0.15) is 4.98 Å². The molecule has 30 heavy (non-hydrogen) atoms. The molecule has 0 saturated heterocycles. The molecule has 0 bridgehead atoms. The third-order valence-corrected chi connectivity index (χ3v) is 6.59. The van der Waals surface area contributed by atoms with Crippen molar-refractivity contribution < 1.29 is 8.81 Å². The Balaban J connectivity index is 1.27. The number of hydrogen-bond acceptors (Lipinski definition) is 4. The number of nitrogens with one attached hydrogen (secondary N) is 1. The van der Waals surface area contributed by atoms with Crippen LogP contribution in [0.2, 0.25) is 5.02 Å². The van der Waals surface area contributed by atoms with Crippen molar-refractivity contribution in [1.29, 1.82) is 0 Å². The lowest BCUT2D eigenvalue weighted by atomic mass is 9.75. The van der Waals surface area contributed by atoms with Gasteiger partial charge in [0.25, 0.3) is 6.01 Å². The number of hydrogen-bond donors (Lipinski definition) is 1. The average Bonchev–Trinajstić information content (AvgIpc) is 3.14. The van der Waals surface area contributed by atoms with Crippen LogP contribution in [0.1, 0.15) is 44.1 Å². The normalized spacial score (nSPS) is 20.5. The molecule has 0 radical (unpaired) electrons. The van der Waals surface area contributed by atoms with E-state index in [2.05, 4.69) is 28.3 Å². The molecule has 1 fully saturated rings. The van der Waals surface area contributed by atoms with Gasteiger partial charge in [0.15, 0.2) is 5.58 Å². The summed E-state index contributed by atoms with van der Waals surface area (Å²) in [5, 5.41) is 5.01. The van der Waals surface area contributed by atoms with Gasteiger partial charge in [-0.3, -0.25) is 4.98 Å². The van der Waals surface area contributed by atoms with Gasteiger partial charge in [-0.05, 0) is 86.4 Å². The molecule has 5 rings (SSSR count). The van der Waals surface area contributed by atoms with Crippen molar-refractivity contribution in [3.8, 4) is 0 Å². The Morgan fingerprint density at radius 3 is 2.70 bits per heavy atom. The van der Waals surface area contributed by atoms with Crippen LogP contribution in [0.5, 0.6) is 0 Å². The minimum absolute atomic E-state index is 0.206. The molecule has 2 aromatic heterocycles. The van der Waals surface area contributed by atoms with E-state index in [1.807, 2.05) is 18.3 Å². The zero-order valence-electron chi connectivity index (χ0n) is 16.7. The second-order valence-corrected chi connectivity index (χ2v) is 8.67. The van der Waals surface area contributed by atoms with Gasteiger partial charge < -0.3 is 9.73 Å². The molecule has 154 valence electrons. The number of aromatic nitrogens is 2. The van der Waals surface area contributed by atoms with E-state index in [9.17, 15) is 4.39 Å². The molecule has 1 N–H and O–H groups in total. The Labute approximate surface area is 179 Å². The lowest BCUT2D eigenvalue weighted by Crippen LogP contribution is -2.29. The van der Waals surface area contributed by atoms with Gasteiger partial charge in [-0.25, -0.2) is 4.39 Å². The standard InChI is InChI=1S/C24H23ClFN3O/c1-14(28-24-29-22-8-6-17(25)12-23(22)30-24)15-2-4-16(5-3-15)19-10-11-27-21-9-7-18(26)13-20(19)21/h6-16H,2-5H2,1H3,(H,28,29)/t14-,15-,16+/m1/s1. The maximum absolute atomic E-state index is 13.8. The number of rotatable bonds is 4. The summed E-state index contributed by atoms with van der Waals surface area (Å²) in [6, 6.07) is 13.2. The molecule has 1 atom stereocenters. The lowest BCUT2D eigenvalue weighted by Gasteiger charge is -2.33. The van der Waals surface area contributed by atoms with Crippen molar-refractivity contribution in [2.24, 2.45) is 5.92 Å². The quantitative estimate of drug-likeness (QED) is 0.386. The van der Waals surface area contributed by atoms with Crippen molar-refractivity contribution >= 4 is 39.6 Å². The molecule has 0 amide bonds. The fourth-order valence-corrected chi connectivity index (χ4v) is 4.86. The predicted molar refractivity (Wildman–Crippen MR) is 119 cm³/mol. The third kappa shape index (κ3) is 3.74. The average molecular weight is 424 g/mol. The first-order valence-electron chi connectivity index (χ1n) is 10.4. The summed E-state index contributed by atoms with van der Waals surface area (Å²) in [6.07, 6.45) is 6.20. The maximum Gasteiger partial charge on any atom is 0.295 e. The van der Waals surface area contributed by atoms with E-state index >= 15 is 0 Å². The van der Waals surface area contributed by atoms with Gasteiger partial charge in [0.05, 0.1) is 5.52 Å². The first-order valence-corrected chi connectivity index (χ1v) is 10.8.